The molecular weight excluding hydrogens is 291 g/mol. The number of ether oxygens (including phenoxy) is 1. The number of rotatable bonds is 4. The van der Waals surface area contributed by atoms with Gasteiger partial charge in [0.1, 0.15) is 5.75 Å². The lowest BCUT2D eigenvalue weighted by molar-refractivity contribution is -0.137. The van der Waals surface area contributed by atoms with Crippen molar-refractivity contribution in [2.75, 3.05) is 6.61 Å². The molecule has 0 fully saturated rings. The molecule has 22 heavy (non-hydrogen) atoms. The summed E-state index contributed by atoms with van der Waals surface area (Å²) < 4.78 is 43.0. The van der Waals surface area contributed by atoms with E-state index in [0.717, 1.165) is 34.3 Å². The molecule has 114 valence electrons. The monoisotopic (exact) mass is 305 g/mol. The highest BCUT2D eigenvalue weighted by molar-refractivity contribution is 5.80. The minimum Gasteiger partial charge on any atom is -0.493 e. The molecule has 5 heteroatoms. The predicted molar refractivity (Wildman–Crippen MR) is 78.9 cm³/mol. The lowest BCUT2D eigenvalue weighted by Crippen LogP contribution is -2.05. The minimum atomic E-state index is -4.29. The van der Waals surface area contributed by atoms with Crippen molar-refractivity contribution >= 4 is 10.9 Å². The van der Waals surface area contributed by atoms with Crippen molar-refractivity contribution in [1.82, 2.24) is 4.98 Å². The van der Waals surface area contributed by atoms with Crippen LogP contribution in [0.25, 0.3) is 10.9 Å². The molecular formula is C17H14F3NO. The second kappa shape index (κ2) is 5.75. The van der Waals surface area contributed by atoms with Crippen LogP contribution >= 0.6 is 0 Å². The average molecular weight is 305 g/mol. The minimum absolute atomic E-state index is 0.418. The van der Waals surface area contributed by atoms with Crippen molar-refractivity contribution < 1.29 is 17.9 Å². The molecule has 0 aliphatic heterocycles. The fourth-order valence-electron chi connectivity index (χ4n) is 2.27. The molecule has 0 saturated carbocycles. The lowest BCUT2D eigenvalue weighted by atomic mass is 10.1. The van der Waals surface area contributed by atoms with Gasteiger partial charge in [0.15, 0.2) is 0 Å². The normalized spacial score (nSPS) is 11.8. The third-order valence-corrected chi connectivity index (χ3v) is 3.47. The number of aromatic amines is 1. The fourth-order valence-corrected chi connectivity index (χ4v) is 2.27. The van der Waals surface area contributed by atoms with E-state index in [1.165, 1.54) is 12.1 Å². The zero-order valence-electron chi connectivity index (χ0n) is 11.7. The van der Waals surface area contributed by atoms with Crippen LogP contribution in [0.4, 0.5) is 13.2 Å². The Kier molecular flexibility index (Phi) is 3.79. The maximum absolute atomic E-state index is 12.5. The Balaban J connectivity index is 1.58. The van der Waals surface area contributed by atoms with E-state index in [1.54, 1.807) is 0 Å². The summed E-state index contributed by atoms with van der Waals surface area (Å²) >= 11 is 0. The van der Waals surface area contributed by atoms with Gasteiger partial charge in [-0.05, 0) is 42.0 Å². The Labute approximate surface area is 125 Å². The highest BCUT2D eigenvalue weighted by Gasteiger charge is 2.29. The van der Waals surface area contributed by atoms with Gasteiger partial charge in [-0.3, -0.25) is 0 Å². The summed E-state index contributed by atoms with van der Waals surface area (Å²) in [7, 11) is 0. The van der Waals surface area contributed by atoms with Gasteiger partial charge in [0.05, 0.1) is 12.2 Å². The topological polar surface area (TPSA) is 25.0 Å². The van der Waals surface area contributed by atoms with Gasteiger partial charge in [-0.2, -0.15) is 13.2 Å². The van der Waals surface area contributed by atoms with Crippen molar-refractivity contribution in [3.8, 4) is 5.75 Å². The van der Waals surface area contributed by atoms with Gasteiger partial charge in [0, 0.05) is 23.5 Å². The molecule has 0 bridgehead atoms. The molecule has 1 heterocycles. The van der Waals surface area contributed by atoms with Gasteiger partial charge in [0.25, 0.3) is 0 Å². The first kappa shape index (κ1) is 14.5. The Morgan fingerprint density at radius 3 is 2.45 bits per heavy atom. The first-order valence-electron chi connectivity index (χ1n) is 6.88. The second-order valence-electron chi connectivity index (χ2n) is 5.02. The molecule has 0 amide bonds. The van der Waals surface area contributed by atoms with Crippen molar-refractivity contribution in [2.24, 2.45) is 0 Å². The number of hydrogen-bond donors (Lipinski definition) is 1. The smallest absolute Gasteiger partial charge is 0.416 e. The first-order chi connectivity index (χ1) is 10.5. The average Bonchev–Trinajstić information content (AvgIpc) is 2.94. The number of benzene rings is 2. The van der Waals surface area contributed by atoms with Crippen LogP contribution in [0.1, 0.15) is 11.1 Å². The summed E-state index contributed by atoms with van der Waals surface area (Å²) in [6.45, 7) is 0.418. The summed E-state index contributed by atoms with van der Waals surface area (Å²) in [6.07, 6.45) is -1.87. The van der Waals surface area contributed by atoms with Crippen LogP contribution in [-0.2, 0) is 12.6 Å². The highest BCUT2D eigenvalue weighted by Crippen LogP contribution is 2.29. The number of hydrogen-bond acceptors (Lipinski definition) is 1. The molecule has 2 nitrogen and oxygen atoms in total. The Bertz CT molecular complexity index is 759. The predicted octanol–water partition coefficient (Wildman–Crippen LogP) is 4.81. The van der Waals surface area contributed by atoms with Crippen LogP contribution in [0.15, 0.2) is 54.7 Å². The van der Waals surface area contributed by atoms with E-state index >= 15 is 0 Å². The van der Waals surface area contributed by atoms with E-state index < -0.39 is 11.7 Å². The van der Waals surface area contributed by atoms with Crippen molar-refractivity contribution in [3.05, 3.63) is 65.9 Å². The Morgan fingerprint density at radius 2 is 1.73 bits per heavy atom. The third-order valence-electron chi connectivity index (χ3n) is 3.47. The van der Waals surface area contributed by atoms with Crippen LogP contribution in [0, 0.1) is 0 Å². The van der Waals surface area contributed by atoms with Crippen LogP contribution in [-0.4, -0.2) is 11.6 Å². The molecule has 0 atom stereocenters. The van der Waals surface area contributed by atoms with Crippen molar-refractivity contribution in [2.45, 2.75) is 12.6 Å². The maximum Gasteiger partial charge on any atom is 0.416 e. The number of alkyl halides is 3. The molecule has 0 unspecified atom stereocenters. The van der Waals surface area contributed by atoms with E-state index in [0.29, 0.717) is 13.0 Å². The lowest BCUT2D eigenvalue weighted by Gasteiger charge is -2.09. The van der Waals surface area contributed by atoms with E-state index in [4.69, 9.17) is 4.74 Å². The fraction of sp³-hybridized carbons (Fsp3) is 0.176. The summed E-state index contributed by atoms with van der Waals surface area (Å²) in [5, 5.41) is 1.06. The van der Waals surface area contributed by atoms with Crippen LogP contribution in [0.2, 0.25) is 0 Å². The number of halogens is 3. The van der Waals surface area contributed by atoms with E-state index in [2.05, 4.69) is 4.98 Å². The van der Waals surface area contributed by atoms with Crippen LogP contribution in [0.3, 0.4) is 0 Å². The number of fused-ring (bicyclic) bond motifs is 1. The van der Waals surface area contributed by atoms with Gasteiger partial charge in [-0.25, -0.2) is 0 Å². The van der Waals surface area contributed by atoms with Gasteiger partial charge in [-0.1, -0.05) is 12.1 Å². The molecule has 0 spiro atoms. The molecule has 1 aromatic heterocycles. The van der Waals surface area contributed by atoms with E-state index in [-0.39, 0.29) is 0 Å². The quantitative estimate of drug-likeness (QED) is 0.735. The summed E-state index contributed by atoms with van der Waals surface area (Å²) in [6, 6.07) is 12.9. The van der Waals surface area contributed by atoms with E-state index in [1.807, 2.05) is 30.5 Å². The van der Waals surface area contributed by atoms with Crippen molar-refractivity contribution in [3.63, 3.8) is 0 Å². The largest absolute Gasteiger partial charge is 0.493 e. The molecule has 2 aromatic carbocycles. The van der Waals surface area contributed by atoms with Gasteiger partial charge in [0.2, 0.25) is 0 Å². The highest BCUT2D eigenvalue weighted by atomic mass is 19.4. The Morgan fingerprint density at radius 1 is 0.955 bits per heavy atom. The molecule has 0 aliphatic carbocycles. The zero-order valence-corrected chi connectivity index (χ0v) is 11.7. The van der Waals surface area contributed by atoms with Crippen LogP contribution < -0.4 is 4.74 Å². The molecule has 0 aliphatic rings. The zero-order chi connectivity index (χ0) is 15.6. The number of aromatic nitrogens is 1. The van der Waals surface area contributed by atoms with Crippen molar-refractivity contribution in [1.29, 1.82) is 0 Å². The van der Waals surface area contributed by atoms with E-state index in [9.17, 15) is 13.2 Å². The van der Waals surface area contributed by atoms with Gasteiger partial charge < -0.3 is 9.72 Å². The summed E-state index contributed by atoms with van der Waals surface area (Å²) in [5.74, 6) is 0.749. The Hall–Kier alpha value is -2.43. The standard InChI is InChI=1S/C17H14F3NO/c18-17(19,20)14-3-1-12(2-4-14)8-10-22-15-5-6-16-13(11-15)7-9-21-16/h1-7,9,11,21H,8,10H2. The van der Waals surface area contributed by atoms with Crippen LogP contribution in [0.5, 0.6) is 5.75 Å². The molecule has 3 rings (SSSR count). The SMILES string of the molecule is FC(F)(F)c1ccc(CCOc2ccc3[nH]ccc3c2)cc1. The first-order valence-corrected chi connectivity index (χ1v) is 6.88. The number of nitrogens with one attached hydrogen (secondary N) is 1. The summed E-state index contributed by atoms with van der Waals surface area (Å²) in [4.78, 5) is 3.10. The molecule has 1 N–H and O–H groups in total. The van der Waals surface area contributed by atoms with Gasteiger partial charge in [-0.15, -0.1) is 0 Å². The third kappa shape index (κ3) is 3.24. The molecule has 0 radical (unpaired) electrons. The number of H-pyrrole nitrogens is 1. The van der Waals surface area contributed by atoms with Gasteiger partial charge >= 0.3 is 6.18 Å². The second-order valence-corrected chi connectivity index (χ2v) is 5.02. The summed E-state index contributed by atoms with van der Waals surface area (Å²) in [5.41, 5.74) is 1.22. The molecule has 3 aromatic rings. The molecule has 0 saturated heterocycles. The maximum atomic E-state index is 12.5.